The molecule has 9 nitrogen and oxygen atoms in total. The van der Waals surface area contributed by atoms with Crippen molar-refractivity contribution in [1.29, 1.82) is 0 Å². The van der Waals surface area contributed by atoms with Crippen molar-refractivity contribution in [3.05, 3.63) is 62.8 Å². The zero-order valence-corrected chi connectivity index (χ0v) is 16.1. The van der Waals surface area contributed by atoms with Crippen molar-refractivity contribution >= 4 is 39.0 Å². The monoisotopic (exact) mass is 396 g/mol. The van der Waals surface area contributed by atoms with Crippen LogP contribution in [0.2, 0.25) is 0 Å². The zero-order valence-electron chi connectivity index (χ0n) is 15.3. The molecule has 1 amide bonds. The Morgan fingerprint density at radius 1 is 1.18 bits per heavy atom. The number of nitrogens with one attached hydrogen (secondary N) is 1. The molecule has 4 rings (SSSR count). The molecular weight excluding hydrogens is 380 g/mol. The predicted octanol–water partition coefficient (Wildman–Crippen LogP) is 3.60. The minimum Gasteiger partial charge on any atom is -0.306 e. The van der Waals surface area contributed by atoms with E-state index in [-0.39, 0.29) is 11.6 Å². The van der Waals surface area contributed by atoms with E-state index in [9.17, 15) is 14.9 Å². The molecule has 3 heterocycles. The Bertz CT molecular complexity index is 1180. The average molecular weight is 396 g/mol. The number of carbonyl (C=O) groups excluding carboxylic acids is 1. The van der Waals surface area contributed by atoms with Crippen molar-refractivity contribution in [1.82, 2.24) is 19.6 Å². The van der Waals surface area contributed by atoms with E-state index in [1.54, 1.807) is 27.6 Å². The molecule has 0 aliphatic heterocycles. The molecule has 0 saturated carbocycles. The number of rotatable bonds is 4. The number of non-ortho nitro benzene ring substituents is 1. The highest BCUT2D eigenvalue weighted by molar-refractivity contribution is 7.20. The number of fused-ring (bicyclic) bond motifs is 1. The summed E-state index contributed by atoms with van der Waals surface area (Å²) in [5.41, 5.74) is 2.20. The lowest BCUT2D eigenvalue weighted by Gasteiger charge is -2.08. The Kier molecular flexibility index (Phi) is 4.19. The van der Waals surface area contributed by atoms with Crippen LogP contribution in [0, 0.1) is 24.0 Å². The first-order valence-corrected chi connectivity index (χ1v) is 9.21. The first-order valence-electron chi connectivity index (χ1n) is 8.39. The van der Waals surface area contributed by atoms with Crippen LogP contribution >= 0.6 is 11.3 Å². The maximum atomic E-state index is 12.8. The van der Waals surface area contributed by atoms with Gasteiger partial charge in [-0.05, 0) is 32.0 Å². The quantitative estimate of drug-likeness (QED) is 0.419. The molecule has 0 aliphatic carbocycles. The summed E-state index contributed by atoms with van der Waals surface area (Å²) >= 11 is 1.37. The number of nitro groups is 1. The summed E-state index contributed by atoms with van der Waals surface area (Å²) in [6, 6.07) is 9.57. The van der Waals surface area contributed by atoms with Gasteiger partial charge in [0.05, 0.1) is 26.9 Å². The number of hydrogen-bond donors (Lipinski definition) is 1. The van der Waals surface area contributed by atoms with Crippen LogP contribution in [0.5, 0.6) is 0 Å². The number of carbonyl (C=O) groups is 1. The lowest BCUT2D eigenvalue weighted by atomic mass is 10.3. The Morgan fingerprint density at radius 3 is 2.54 bits per heavy atom. The van der Waals surface area contributed by atoms with Crippen molar-refractivity contribution in [3.8, 4) is 5.69 Å². The number of nitrogens with zero attached hydrogens (tertiary/aromatic N) is 5. The SMILES string of the molecule is Cc1cc(NC(=O)c2cc3c(C)nn(C)c3s2)n(-c2ccc([N+](=O)[O-])cc2)n1. The second kappa shape index (κ2) is 6.57. The van der Waals surface area contributed by atoms with Gasteiger partial charge >= 0.3 is 0 Å². The summed E-state index contributed by atoms with van der Waals surface area (Å²) in [4.78, 5) is 24.7. The number of aryl methyl sites for hydroxylation is 3. The van der Waals surface area contributed by atoms with E-state index >= 15 is 0 Å². The summed E-state index contributed by atoms with van der Waals surface area (Å²) in [5.74, 6) is 0.243. The third-order valence-corrected chi connectivity index (χ3v) is 5.50. The molecule has 28 heavy (non-hydrogen) atoms. The molecule has 1 aromatic carbocycles. The highest BCUT2D eigenvalue weighted by Gasteiger charge is 2.18. The highest BCUT2D eigenvalue weighted by Crippen LogP contribution is 2.28. The summed E-state index contributed by atoms with van der Waals surface area (Å²) < 4.78 is 3.31. The van der Waals surface area contributed by atoms with Crippen LogP contribution in [-0.4, -0.2) is 30.4 Å². The standard InChI is InChI=1S/C18H16N6O3S/c1-10-8-16(23(20-10)12-4-6-13(7-5-12)24(26)27)19-17(25)15-9-14-11(2)21-22(3)18(14)28-15/h4-9H,1-3H3,(H,19,25). The van der Waals surface area contributed by atoms with Crippen molar-refractivity contribution in [2.75, 3.05) is 5.32 Å². The van der Waals surface area contributed by atoms with Crippen LogP contribution in [0.1, 0.15) is 21.1 Å². The Morgan fingerprint density at radius 2 is 1.89 bits per heavy atom. The Balaban J connectivity index is 1.65. The predicted molar refractivity (Wildman–Crippen MR) is 106 cm³/mol. The number of anilines is 1. The van der Waals surface area contributed by atoms with E-state index in [0.717, 1.165) is 15.9 Å². The van der Waals surface area contributed by atoms with Crippen molar-refractivity contribution in [2.45, 2.75) is 13.8 Å². The van der Waals surface area contributed by atoms with E-state index < -0.39 is 4.92 Å². The molecule has 0 saturated heterocycles. The number of benzene rings is 1. The molecule has 0 fully saturated rings. The van der Waals surface area contributed by atoms with Gasteiger partial charge in [0.15, 0.2) is 0 Å². The molecule has 0 atom stereocenters. The lowest BCUT2D eigenvalue weighted by Crippen LogP contribution is -2.14. The normalized spacial score (nSPS) is 11.1. The first-order chi connectivity index (χ1) is 13.3. The van der Waals surface area contributed by atoms with Crippen LogP contribution in [0.25, 0.3) is 15.9 Å². The number of thiophene rings is 1. The molecule has 142 valence electrons. The lowest BCUT2D eigenvalue weighted by molar-refractivity contribution is -0.384. The van der Waals surface area contributed by atoms with Gasteiger partial charge in [-0.25, -0.2) is 4.68 Å². The maximum Gasteiger partial charge on any atom is 0.269 e. The van der Waals surface area contributed by atoms with Crippen LogP contribution < -0.4 is 5.32 Å². The largest absolute Gasteiger partial charge is 0.306 e. The van der Waals surface area contributed by atoms with Gasteiger partial charge in [-0.3, -0.25) is 19.6 Å². The van der Waals surface area contributed by atoms with Crippen molar-refractivity contribution in [3.63, 3.8) is 0 Å². The number of aromatic nitrogens is 4. The fraction of sp³-hybridized carbons (Fsp3) is 0.167. The first kappa shape index (κ1) is 17.9. The summed E-state index contributed by atoms with van der Waals surface area (Å²) in [6.07, 6.45) is 0. The second-order valence-electron chi connectivity index (χ2n) is 6.35. The van der Waals surface area contributed by atoms with E-state index in [1.165, 1.54) is 23.5 Å². The molecule has 0 spiro atoms. The summed E-state index contributed by atoms with van der Waals surface area (Å²) in [7, 11) is 1.85. The van der Waals surface area contributed by atoms with Crippen molar-refractivity contribution in [2.24, 2.45) is 7.05 Å². The highest BCUT2D eigenvalue weighted by atomic mass is 32.1. The van der Waals surface area contributed by atoms with Gasteiger partial charge in [0.25, 0.3) is 11.6 Å². The third-order valence-electron chi connectivity index (χ3n) is 4.30. The van der Waals surface area contributed by atoms with Gasteiger partial charge in [-0.15, -0.1) is 11.3 Å². The minimum atomic E-state index is -0.459. The van der Waals surface area contributed by atoms with Gasteiger partial charge in [0.1, 0.15) is 10.6 Å². The van der Waals surface area contributed by atoms with Crippen LogP contribution in [0.15, 0.2) is 36.4 Å². The Labute approximate surface area is 163 Å². The van der Waals surface area contributed by atoms with E-state index in [0.29, 0.717) is 22.1 Å². The van der Waals surface area contributed by atoms with Crippen LogP contribution in [-0.2, 0) is 7.05 Å². The molecule has 0 bridgehead atoms. The molecule has 4 aromatic rings. The fourth-order valence-corrected chi connectivity index (χ4v) is 4.01. The molecule has 10 heteroatoms. The summed E-state index contributed by atoms with van der Waals surface area (Å²) in [5, 5.41) is 23.4. The van der Waals surface area contributed by atoms with Crippen molar-refractivity contribution < 1.29 is 9.72 Å². The van der Waals surface area contributed by atoms with Gasteiger partial charge in [0.2, 0.25) is 0 Å². The smallest absolute Gasteiger partial charge is 0.269 e. The van der Waals surface area contributed by atoms with Gasteiger partial charge < -0.3 is 5.32 Å². The molecule has 0 aliphatic rings. The maximum absolute atomic E-state index is 12.8. The van der Waals surface area contributed by atoms with Gasteiger partial charge in [-0.1, -0.05) is 0 Å². The topological polar surface area (TPSA) is 108 Å². The number of amides is 1. The van der Waals surface area contributed by atoms with E-state index in [2.05, 4.69) is 15.5 Å². The number of hydrogen-bond acceptors (Lipinski definition) is 6. The molecule has 3 aromatic heterocycles. The third kappa shape index (κ3) is 3.03. The zero-order chi connectivity index (χ0) is 20.0. The fourth-order valence-electron chi connectivity index (χ4n) is 3.00. The van der Waals surface area contributed by atoms with Gasteiger partial charge in [-0.2, -0.15) is 10.2 Å². The molecule has 0 radical (unpaired) electrons. The Hall–Kier alpha value is -3.53. The molecule has 0 unspecified atom stereocenters. The number of nitro benzene ring substituents is 1. The molecule has 1 N–H and O–H groups in total. The van der Waals surface area contributed by atoms with E-state index in [1.807, 2.05) is 27.0 Å². The average Bonchev–Trinajstić information content (AvgIpc) is 3.31. The van der Waals surface area contributed by atoms with Crippen LogP contribution in [0.3, 0.4) is 0 Å². The summed E-state index contributed by atoms with van der Waals surface area (Å²) in [6.45, 7) is 3.72. The van der Waals surface area contributed by atoms with E-state index in [4.69, 9.17) is 0 Å². The molecular formula is C18H16N6O3S. The second-order valence-corrected chi connectivity index (χ2v) is 7.38. The van der Waals surface area contributed by atoms with Crippen LogP contribution in [0.4, 0.5) is 11.5 Å². The van der Waals surface area contributed by atoms with Gasteiger partial charge in [0, 0.05) is 30.6 Å². The minimum absolute atomic E-state index is 0.00697.